The Morgan fingerprint density at radius 1 is 0.438 bits per heavy atom. The van der Waals surface area contributed by atoms with E-state index in [1.165, 1.54) is 103 Å². The van der Waals surface area contributed by atoms with E-state index >= 15 is 9.59 Å². The highest BCUT2D eigenvalue weighted by Gasteiger charge is 2.46. The van der Waals surface area contributed by atoms with Gasteiger partial charge in [-0.15, -0.1) is 0 Å². The van der Waals surface area contributed by atoms with E-state index in [2.05, 4.69) is 42.5 Å². The lowest BCUT2D eigenvalue weighted by Crippen LogP contribution is -2.62. The number of rotatable bonds is 11. The second-order valence-electron chi connectivity index (χ2n) is 25.1. The number of phenols is 3. The zero-order chi connectivity index (χ0) is 69.7. The van der Waals surface area contributed by atoms with Gasteiger partial charge in [-0.3, -0.25) is 62.3 Å². The van der Waals surface area contributed by atoms with Gasteiger partial charge in [0.25, 0.3) is 0 Å². The largest absolute Gasteiger partial charge is 0.508 e. The number of hydrogen-bond acceptors (Lipinski definition) is 18. The molecule has 5 aliphatic rings. The number of carbonyl (C=O) groups is 13. The lowest BCUT2D eigenvalue weighted by molar-refractivity contribution is -0.148. The minimum absolute atomic E-state index is 0.00677. The van der Waals surface area contributed by atoms with Gasteiger partial charge in [0.15, 0.2) is 0 Å². The molecule has 13 atom stereocenters. The summed E-state index contributed by atoms with van der Waals surface area (Å²) in [4.78, 5) is 190. The smallest absolute Gasteiger partial charge is 0.248 e. The van der Waals surface area contributed by atoms with Crippen LogP contribution in [0, 0.1) is 0 Å². The van der Waals surface area contributed by atoms with Crippen LogP contribution in [0.1, 0.15) is 102 Å². The predicted octanol–water partition coefficient (Wildman–Crippen LogP) is -3.63. The molecule has 0 aliphatic carbocycles. The van der Waals surface area contributed by atoms with Crippen LogP contribution in [0.25, 0.3) is 0 Å². The highest BCUT2D eigenvalue weighted by atomic mass is 16.3. The van der Waals surface area contributed by atoms with E-state index in [0.29, 0.717) is 29.5 Å². The maximum Gasteiger partial charge on any atom is 0.248 e. The van der Waals surface area contributed by atoms with Gasteiger partial charge in [-0.25, -0.2) is 0 Å². The van der Waals surface area contributed by atoms with Gasteiger partial charge in [0, 0.05) is 51.9 Å². The third-order valence-electron chi connectivity index (χ3n) is 18.0. The molecule has 31 heteroatoms. The van der Waals surface area contributed by atoms with Gasteiger partial charge in [0.05, 0.1) is 18.8 Å². The molecule has 5 fully saturated rings. The van der Waals surface area contributed by atoms with E-state index in [-0.39, 0.29) is 101 Å². The minimum Gasteiger partial charge on any atom is -0.508 e. The Morgan fingerprint density at radius 2 is 0.802 bits per heavy atom. The van der Waals surface area contributed by atoms with Gasteiger partial charge in [0.1, 0.15) is 83.7 Å². The number of primary amides is 1. The molecule has 31 nitrogen and oxygen atoms in total. The zero-order valence-electron chi connectivity index (χ0n) is 53.6. The zero-order valence-corrected chi connectivity index (χ0v) is 53.6. The molecular weight excluding hydrogens is 1250 g/mol. The number of aliphatic hydroxyl groups is 2. The molecule has 518 valence electrons. The summed E-state index contributed by atoms with van der Waals surface area (Å²) in [6.45, 7) is 3.07. The van der Waals surface area contributed by atoms with Gasteiger partial charge >= 0.3 is 0 Å². The van der Waals surface area contributed by atoms with Gasteiger partial charge in [0.2, 0.25) is 76.8 Å². The summed E-state index contributed by atoms with van der Waals surface area (Å²) in [6, 6.07) is 0.947. The van der Waals surface area contributed by atoms with Crippen LogP contribution in [0.2, 0.25) is 0 Å². The molecular formula is C65H85N13O18. The summed E-state index contributed by atoms with van der Waals surface area (Å²) in [6.07, 6.45) is -3.45. The minimum atomic E-state index is -1.79. The summed E-state index contributed by atoms with van der Waals surface area (Å²) in [7, 11) is 0. The van der Waals surface area contributed by atoms with Crippen molar-refractivity contribution in [2.24, 2.45) is 5.73 Å². The third kappa shape index (κ3) is 18.3. The number of amides is 13. The number of carbonyl (C=O) groups excluding carboxylic acids is 13. The quantitative estimate of drug-likeness (QED) is 0.0881. The first-order chi connectivity index (χ1) is 45.7. The average Bonchev–Trinajstić information content (AvgIpc) is 1.60. The first-order valence-electron chi connectivity index (χ1n) is 32.3. The van der Waals surface area contributed by atoms with Crippen LogP contribution in [0.4, 0.5) is 0 Å². The second kappa shape index (κ2) is 32.5. The van der Waals surface area contributed by atoms with Crippen molar-refractivity contribution in [3.63, 3.8) is 0 Å². The Labute approximate surface area is 553 Å². The number of benzene rings is 3. The third-order valence-corrected chi connectivity index (χ3v) is 18.0. The average molecular weight is 1340 g/mol. The topological polar surface area (TPSA) is 458 Å². The summed E-state index contributed by atoms with van der Waals surface area (Å²) in [5, 5.41) is 73.2. The highest BCUT2D eigenvalue weighted by molar-refractivity contribution is 6.01. The predicted molar refractivity (Wildman–Crippen MR) is 338 cm³/mol. The number of nitrogens with one attached hydrogen (secondary N) is 8. The number of aliphatic hydroxyl groups excluding tert-OH is 2. The monoisotopic (exact) mass is 1340 g/mol. The summed E-state index contributed by atoms with van der Waals surface area (Å²) in [5.41, 5.74) is 6.76. The normalized spacial score (nSPS) is 27.5. The number of phenolic OH excluding ortho intramolecular Hbond substituents is 3. The standard InChI is InChI=1S/C65H85N13O18/c1-34-55(86)67-33-52(85)75-26-4-8-47(75)61(92)73-53(35(2)79)62(93)69-43(24-25-51(66)84)56(87)72-46(32-39-16-22-42(83)23-17-39)63(94)78-29-7-11-50(78)64(95)76-27-5-10-49(76)60(91)71-44(30-37-12-18-40(81)19-13-37)57(88)70-45(31-38-14-20-41(82)21-15-38)58(89)74-54(36(3)80)65(96)77-28-6-9-48(77)59(90)68-34/h12-23,34-36,43-50,53-54,79-83H,4-11,24-33H2,1-3H3,(H2,66,84)(H,67,86)(H,68,90)(H,69,93)(H,70,88)(H,71,91)(H,72,87)(H,73,92)(H,74,89)/t34-,35+,36+,43+,44+,45-,46-,47-,48-,49-,50-,53?,54?/m0/s1. The molecule has 96 heavy (non-hydrogen) atoms. The van der Waals surface area contributed by atoms with Crippen LogP contribution in [-0.4, -0.2) is 233 Å². The molecule has 15 N–H and O–H groups in total. The van der Waals surface area contributed by atoms with E-state index in [0.717, 1.165) is 9.80 Å². The molecule has 3 aromatic carbocycles. The molecule has 0 spiro atoms. The van der Waals surface area contributed by atoms with E-state index < -0.39 is 175 Å². The molecule has 8 rings (SSSR count). The van der Waals surface area contributed by atoms with Crippen LogP contribution >= 0.6 is 0 Å². The molecule has 5 heterocycles. The Bertz CT molecular complexity index is 3390. The van der Waals surface area contributed by atoms with Crippen molar-refractivity contribution in [2.75, 3.05) is 32.7 Å². The van der Waals surface area contributed by atoms with E-state index in [1.54, 1.807) is 0 Å². The van der Waals surface area contributed by atoms with Gasteiger partial charge < -0.3 is 93.4 Å². The fourth-order valence-corrected chi connectivity index (χ4v) is 12.7. The van der Waals surface area contributed by atoms with Crippen molar-refractivity contribution in [3.05, 3.63) is 89.5 Å². The second-order valence-corrected chi connectivity index (χ2v) is 25.1. The van der Waals surface area contributed by atoms with Crippen LogP contribution in [0.15, 0.2) is 72.8 Å². The number of nitrogens with zero attached hydrogens (tertiary/aromatic N) is 4. The van der Waals surface area contributed by atoms with Crippen LogP contribution < -0.4 is 48.3 Å². The molecule has 5 aliphatic heterocycles. The first-order valence-corrected chi connectivity index (χ1v) is 32.3. The molecule has 0 radical (unpaired) electrons. The molecule has 0 aromatic heterocycles. The molecule has 3 aromatic rings. The van der Waals surface area contributed by atoms with Gasteiger partial charge in [-0.1, -0.05) is 36.4 Å². The van der Waals surface area contributed by atoms with Crippen molar-refractivity contribution >= 4 is 76.8 Å². The molecule has 0 saturated carbocycles. The Kier molecular flexibility index (Phi) is 24.3. The molecule has 0 bridgehead atoms. The van der Waals surface area contributed by atoms with Crippen LogP contribution in [-0.2, 0) is 81.6 Å². The van der Waals surface area contributed by atoms with E-state index in [1.807, 2.05) is 0 Å². The number of fused-ring (bicyclic) bond motifs is 4. The van der Waals surface area contributed by atoms with Crippen LogP contribution in [0.5, 0.6) is 17.2 Å². The maximum absolute atomic E-state index is 15.1. The Morgan fingerprint density at radius 3 is 1.29 bits per heavy atom. The summed E-state index contributed by atoms with van der Waals surface area (Å²) in [5.74, 6) is -11.7. The lowest BCUT2D eigenvalue weighted by atomic mass is 10.0. The summed E-state index contributed by atoms with van der Waals surface area (Å²) < 4.78 is 0. The SMILES string of the molecule is C[C@@H]1NC(=O)[C@@H]2CCCN2C(=O)C([C@@H](C)O)NC(=O)[C@H](Cc2ccc(O)cc2)NC(=O)[C@@H](Cc2ccc(O)cc2)NC(=O)[C@@H]2CCCN2C(=O)[C@@H]2CCCN2C(=O)[C@H](Cc2ccc(O)cc2)NC(=O)[C@@H](CCC(N)=O)NC(=O)C([C@@H](C)O)NC(=O)[C@@H]2CCCN2C(=O)CNC1=O. The van der Waals surface area contributed by atoms with Gasteiger partial charge in [-0.2, -0.15) is 0 Å². The Hall–Kier alpha value is -9.91. The van der Waals surface area contributed by atoms with Crippen molar-refractivity contribution in [2.45, 2.75) is 183 Å². The number of nitrogens with two attached hydrogens (primary N) is 1. The van der Waals surface area contributed by atoms with E-state index in [4.69, 9.17) is 5.73 Å². The first kappa shape index (κ1) is 71.9. The Balaban J connectivity index is 1.13. The number of aromatic hydroxyl groups is 3. The van der Waals surface area contributed by atoms with Crippen molar-refractivity contribution in [1.29, 1.82) is 0 Å². The fourth-order valence-electron chi connectivity index (χ4n) is 12.7. The molecule has 2 unspecified atom stereocenters. The summed E-state index contributed by atoms with van der Waals surface area (Å²) >= 11 is 0. The van der Waals surface area contributed by atoms with Crippen molar-refractivity contribution < 1.29 is 87.9 Å². The molecule has 5 saturated heterocycles. The van der Waals surface area contributed by atoms with Crippen molar-refractivity contribution in [3.8, 4) is 17.2 Å². The van der Waals surface area contributed by atoms with Crippen molar-refractivity contribution in [1.82, 2.24) is 62.1 Å². The van der Waals surface area contributed by atoms with Crippen LogP contribution in [0.3, 0.4) is 0 Å². The fraction of sp³-hybridized carbons (Fsp3) is 0.523. The van der Waals surface area contributed by atoms with Gasteiger partial charge in [-0.05, 0) is 132 Å². The lowest BCUT2D eigenvalue weighted by Gasteiger charge is -2.34. The highest BCUT2D eigenvalue weighted by Crippen LogP contribution is 2.28. The van der Waals surface area contributed by atoms with E-state index in [9.17, 15) is 78.3 Å². The number of hydrogen-bond donors (Lipinski definition) is 14. The maximum atomic E-state index is 15.1. The molecule has 13 amide bonds.